The molecule has 2 atom stereocenters. The topological polar surface area (TPSA) is 49.8 Å². The smallest absolute Gasteiger partial charge is 0.308 e. The van der Waals surface area contributed by atoms with E-state index in [0.717, 1.165) is 12.2 Å². The van der Waals surface area contributed by atoms with E-state index in [1.807, 2.05) is 19.1 Å². The zero-order chi connectivity index (χ0) is 13.3. The highest BCUT2D eigenvalue weighted by Crippen LogP contribution is 2.34. The predicted molar refractivity (Wildman–Crippen MR) is 70.6 cm³/mol. The summed E-state index contributed by atoms with van der Waals surface area (Å²) in [6.45, 7) is 2.67. The molecule has 0 bridgehead atoms. The van der Waals surface area contributed by atoms with Crippen LogP contribution in [0.4, 0.5) is 5.69 Å². The Hall–Kier alpha value is -1.42. The quantitative estimate of drug-likeness (QED) is 0.917. The van der Waals surface area contributed by atoms with E-state index in [9.17, 15) is 4.79 Å². The maximum atomic E-state index is 11.1. The molecule has 0 aromatic heterocycles. The fraction of sp³-hybridized carbons (Fsp3) is 0.462. The Morgan fingerprint density at radius 2 is 2.28 bits per heavy atom. The molecule has 1 fully saturated rings. The van der Waals surface area contributed by atoms with E-state index < -0.39 is 5.97 Å². The van der Waals surface area contributed by atoms with Crippen LogP contribution in [-0.2, 0) is 4.79 Å². The van der Waals surface area contributed by atoms with Gasteiger partial charge in [-0.1, -0.05) is 11.6 Å². The number of nitrogens with zero attached hydrogens (tertiary/aromatic N) is 1. The number of rotatable bonds is 3. The fourth-order valence-electron chi connectivity index (χ4n) is 2.47. The number of benzene rings is 1. The van der Waals surface area contributed by atoms with Crippen molar-refractivity contribution in [2.24, 2.45) is 5.92 Å². The molecule has 18 heavy (non-hydrogen) atoms. The van der Waals surface area contributed by atoms with Crippen molar-refractivity contribution in [3.8, 4) is 5.75 Å². The summed E-state index contributed by atoms with van der Waals surface area (Å²) in [5, 5.41) is 9.65. The lowest BCUT2D eigenvalue weighted by Crippen LogP contribution is -2.32. The molecule has 1 aromatic carbocycles. The van der Waals surface area contributed by atoms with Crippen LogP contribution in [0, 0.1) is 5.92 Å². The summed E-state index contributed by atoms with van der Waals surface area (Å²) >= 11 is 6.09. The summed E-state index contributed by atoms with van der Waals surface area (Å²) in [4.78, 5) is 13.2. The molecule has 2 rings (SSSR count). The second-order valence-corrected chi connectivity index (χ2v) is 4.89. The highest BCUT2D eigenvalue weighted by molar-refractivity contribution is 6.32. The van der Waals surface area contributed by atoms with Gasteiger partial charge in [-0.25, -0.2) is 0 Å². The third-order valence-corrected chi connectivity index (χ3v) is 3.83. The number of hydrogen-bond donors (Lipinski definition) is 1. The van der Waals surface area contributed by atoms with Gasteiger partial charge in [0.15, 0.2) is 0 Å². The highest BCUT2D eigenvalue weighted by atomic mass is 35.5. The average molecular weight is 270 g/mol. The van der Waals surface area contributed by atoms with Crippen molar-refractivity contribution in [1.29, 1.82) is 0 Å². The normalized spacial score (nSPS) is 23.2. The van der Waals surface area contributed by atoms with Crippen LogP contribution in [0.3, 0.4) is 0 Å². The minimum absolute atomic E-state index is 0.0213. The van der Waals surface area contributed by atoms with Crippen molar-refractivity contribution in [3.63, 3.8) is 0 Å². The zero-order valence-electron chi connectivity index (χ0n) is 10.4. The molecular formula is C13H16ClNO3. The Morgan fingerprint density at radius 3 is 2.78 bits per heavy atom. The third kappa shape index (κ3) is 2.25. The molecule has 1 aromatic rings. The van der Waals surface area contributed by atoms with E-state index in [4.69, 9.17) is 21.4 Å². The molecular weight excluding hydrogens is 254 g/mol. The van der Waals surface area contributed by atoms with Crippen molar-refractivity contribution in [2.75, 3.05) is 18.6 Å². The minimum Gasteiger partial charge on any atom is -0.495 e. The van der Waals surface area contributed by atoms with Crippen LogP contribution in [0.25, 0.3) is 0 Å². The Labute approximate surface area is 111 Å². The minimum atomic E-state index is -0.732. The van der Waals surface area contributed by atoms with E-state index in [-0.39, 0.29) is 12.0 Å². The van der Waals surface area contributed by atoms with Gasteiger partial charge in [0.25, 0.3) is 0 Å². The van der Waals surface area contributed by atoms with Gasteiger partial charge in [0, 0.05) is 18.3 Å². The number of carboxylic acids is 1. The first-order valence-electron chi connectivity index (χ1n) is 5.87. The summed E-state index contributed by atoms with van der Waals surface area (Å²) in [5.41, 5.74) is 0.942. The van der Waals surface area contributed by atoms with Gasteiger partial charge in [0.2, 0.25) is 0 Å². The van der Waals surface area contributed by atoms with E-state index in [1.165, 1.54) is 0 Å². The number of methoxy groups -OCH3 is 1. The molecule has 0 spiro atoms. The summed E-state index contributed by atoms with van der Waals surface area (Å²) in [5.74, 6) is -0.419. The molecule has 0 amide bonds. The van der Waals surface area contributed by atoms with Gasteiger partial charge < -0.3 is 14.7 Å². The number of carboxylic acid groups (broad SMARTS) is 1. The number of ether oxygens (including phenoxy) is 1. The fourth-order valence-corrected chi connectivity index (χ4v) is 2.72. The van der Waals surface area contributed by atoms with E-state index in [0.29, 0.717) is 17.2 Å². The summed E-state index contributed by atoms with van der Waals surface area (Å²) in [6.07, 6.45) is 0.667. The number of anilines is 1. The van der Waals surface area contributed by atoms with Crippen LogP contribution in [0.15, 0.2) is 18.2 Å². The number of halogens is 1. The highest BCUT2D eigenvalue weighted by Gasteiger charge is 2.35. The number of aliphatic carboxylic acids is 1. The first-order chi connectivity index (χ1) is 8.54. The molecule has 4 nitrogen and oxygen atoms in total. The molecule has 2 unspecified atom stereocenters. The monoisotopic (exact) mass is 269 g/mol. The molecule has 0 aliphatic carbocycles. The first-order valence-corrected chi connectivity index (χ1v) is 6.25. The van der Waals surface area contributed by atoms with Gasteiger partial charge in [-0.2, -0.15) is 0 Å². The van der Waals surface area contributed by atoms with Crippen LogP contribution in [0.5, 0.6) is 5.75 Å². The van der Waals surface area contributed by atoms with Gasteiger partial charge in [-0.3, -0.25) is 4.79 Å². The molecule has 98 valence electrons. The second kappa shape index (κ2) is 5.06. The van der Waals surface area contributed by atoms with Crippen molar-refractivity contribution < 1.29 is 14.6 Å². The van der Waals surface area contributed by atoms with Gasteiger partial charge in [0.1, 0.15) is 5.75 Å². The molecule has 1 N–H and O–H groups in total. The molecule has 1 saturated heterocycles. The standard InChI is InChI=1S/C13H16ClNO3/c1-8-10(13(16)17)5-6-15(8)9-3-4-12(18-2)11(14)7-9/h3-4,7-8,10H,5-6H2,1-2H3,(H,16,17). The SMILES string of the molecule is COc1ccc(N2CCC(C(=O)O)C2C)cc1Cl. The van der Waals surface area contributed by atoms with E-state index in [1.54, 1.807) is 13.2 Å². The number of carbonyl (C=O) groups is 1. The maximum Gasteiger partial charge on any atom is 0.308 e. The Morgan fingerprint density at radius 1 is 1.56 bits per heavy atom. The van der Waals surface area contributed by atoms with Gasteiger partial charge in [0.05, 0.1) is 18.1 Å². The lowest BCUT2D eigenvalue weighted by Gasteiger charge is -2.25. The third-order valence-electron chi connectivity index (χ3n) is 3.54. The first kappa shape index (κ1) is 13.0. The van der Waals surface area contributed by atoms with E-state index >= 15 is 0 Å². The molecule has 0 radical (unpaired) electrons. The van der Waals surface area contributed by atoms with Gasteiger partial charge >= 0.3 is 5.97 Å². The van der Waals surface area contributed by atoms with E-state index in [2.05, 4.69) is 4.90 Å². The lowest BCUT2D eigenvalue weighted by molar-refractivity contribution is -0.141. The van der Waals surface area contributed by atoms with Crippen LogP contribution in [-0.4, -0.2) is 30.8 Å². The molecule has 1 aliphatic rings. The zero-order valence-corrected chi connectivity index (χ0v) is 11.1. The van der Waals surface area contributed by atoms with Crippen LogP contribution in [0.2, 0.25) is 5.02 Å². The van der Waals surface area contributed by atoms with Gasteiger partial charge in [-0.15, -0.1) is 0 Å². The van der Waals surface area contributed by atoms with Crippen LogP contribution >= 0.6 is 11.6 Å². The average Bonchev–Trinajstić information content (AvgIpc) is 2.71. The molecule has 1 heterocycles. The van der Waals surface area contributed by atoms with Crippen LogP contribution in [0.1, 0.15) is 13.3 Å². The van der Waals surface area contributed by atoms with Crippen molar-refractivity contribution in [3.05, 3.63) is 23.2 Å². The second-order valence-electron chi connectivity index (χ2n) is 4.49. The van der Waals surface area contributed by atoms with Gasteiger partial charge in [-0.05, 0) is 31.5 Å². The maximum absolute atomic E-state index is 11.1. The van der Waals surface area contributed by atoms with Crippen LogP contribution < -0.4 is 9.64 Å². The molecule has 1 aliphatic heterocycles. The molecule has 0 saturated carbocycles. The summed E-state index contributed by atoms with van der Waals surface area (Å²) in [6, 6.07) is 5.51. The summed E-state index contributed by atoms with van der Waals surface area (Å²) < 4.78 is 5.10. The Kier molecular flexibility index (Phi) is 3.66. The lowest BCUT2D eigenvalue weighted by atomic mass is 10.0. The Bertz CT molecular complexity index is 464. The Balaban J connectivity index is 2.23. The summed E-state index contributed by atoms with van der Waals surface area (Å²) in [7, 11) is 1.57. The van der Waals surface area contributed by atoms with Crippen molar-refractivity contribution >= 4 is 23.3 Å². The molecule has 5 heteroatoms. The predicted octanol–water partition coefficient (Wildman–Crippen LogP) is 2.65. The number of hydrogen-bond acceptors (Lipinski definition) is 3. The van der Waals surface area contributed by atoms with Crippen molar-refractivity contribution in [2.45, 2.75) is 19.4 Å². The largest absolute Gasteiger partial charge is 0.495 e. The van der Waals surface area contributed by atoms with Crippen molar-refractivity contribution in [1.82, 2.24) is 0 Å².